The third-order valence-electron chi connectivity index (χ3n) is 2.16. The van der Waals surface area contributed by atoms with Gasteiger partial charge in [-0.2, -0.15) is 0 Å². The maximum absolute atomic E-state index is 12.8. The molecule has 76 valence electrons. The second kappa shape index (κ2) is 3.85. The lowest BCUT2D eigenvalue weighted by Gasteiger charge is -2.22. The minimum Gasteiger partial charge on any atom is -0.207 e. The second-order valence-corrected chi connectivity index (χ2v) is 5.21. The fourth-order valence-corrected chi connectivity index (χ4v) is 1.73. The first-order valence-corrected chi connectivity index (χ1v) is 5.26. The van der Waals surface area contributed by atoms with Crippen LogP contribution in [0.5, 0.6) is 0 Å². The maximum atomic E-state index is 12.8. The maximum Gasteiger partial charge on any atom is 0.124 e. The SMILES string of the molecule is C=C(c1ccc(F)cc1Br)C(C)(C)C. The quantitative estimate of drug-likeness (QED) is 0.687. The third kappa shape index (κ3) is 2.44. The summed E-state index contributed by atoms with van der Waals surface area (Å²) in [4.78, 5) is 0. The van der Waals surface area contributed by atoms with Crippen LogP contribution in [0, 0.1) is 11.2 Å². The molecule has 1 rings (SSSR count). The van der Waals surface area contributed by atoms with Gasteiger partial charge in [-0.1, -0.05) is 49.3 Å². The van der Waals surface area contributed by atoms with Gasteiger partial charge < -0.3 is 0 Å². The van der Waals surface area contributed by atoms with Crippen molar-refractivity contribution in [3.8, 4) is 0 Å². The van der Waals surface area contributed by atoms with Crippen molar-refractivity contribution in [2.45, 2.75) is 20.8 Å². The molecule has 1 aromatic rings. The fourth-order valence-electron chi connectivity index (χ4n) is 1.14. The molecule has 0 aliphatic carbocycles. The summed E-state index contributed by atoms with van der Waals surface area (Å²) in [5, 5.41) is 0. The van der Waals surface area contributed by atoms with Gasteiger partial charge in [-0.25, -0.2) is 4.39 Å². The van der Waals surface area contributed by atoms with E-state index in [0.717, 1.165) is 15.6 Å². The number of rotatable bonds is 1. The van der Waals surface area contributed by atoms with Crippen LogP contribution >= 0.6 is 15.9 Å². The summed E-state index contributed by atoms with van der Waals surface area (Å²) in [6.45, 7) is 10.3. The van der Waals surface area contributed by atoms with Gasteiger partial charge in [0.1, 0.15) is 5.82 Å². The van der Waals surface area contributed by atoms with Crippen LogP contribution in [0.25, 0.3) is 5.57 Å². The smallest absolute Gasteiger partial charge is 0.124 e. The van der Waals surface area contributed by atoms with Gasteiger partial charge in [-0.3, -0.25) is 0 Å². The van der Waals surface area contributed by atoms with E-state index in [1.54, 1.807) is 6.07 Å². The summed E-state index contributed by atoms with van der Waals surface area (Å²) in [5.41, 5.74) is 1.98. The Hall–Kier alpha value is -0.630. The zero-order chi connectivity index (χ0) is 10.9. The molecule has 14 heavy (non-hydrogen) atoms. The monoisotopic (exact) mass is 256 g/mol. The minimum atomic E-state index is -0.234. The van der Waals surface area contributed by atoms with Crippen LogP contribution in [-0.4, -0.2) is 0 Å². The largest absolute Gasteiger partial charge is 0.207 e. The Kier molecular flexibility index (Phi) is 3.15. The van der Waals surface area contributed by atoms with Crippen molar-refractivity contribution in [3.63, 3.8) is 0 Å². The summed E-state index contributed by atoms with van der Waals surface area (Å²) in [6, 6.07) is 4.68. The Morgan fingerprint density at radius 2 is 1.93 bits per heavy atom. The molecule has 0 N–H and O–H groups in total. The zero-order valence-corrected chi connectivity index (χ0v) is 10.3. The number of hydrogen-bond donors (Lipinski definition) is 0. The first-order chi connectivity index (χ1) is 6.32. The zero-order valence-electron chi connectivity index (χ0n) is 8.70. The highest BCUT2D eigenvalue weighted by atomic mass is 79.9. The second-order valence-electron chi connectivity index (χ2n) is 4.35. The van der Waals surface area contributed by atoms with E-state index in [-0.39, 0.29) is 11.2 Å². The van der Waals surface area contributed by atoms with E-state index in [9.17, 15) is 4.39 Å². The topological polar surface area (TPSA) is 0 Å². The Morgan fingerprint density at radius 1 is 1.36 bits per heavy atom. The third-order valence-corrected chi connectivity index (χ3v) is 2.82. The van der Waals surface area contributed by atoms with E-state index in [1.165, 1.54) is 12.1 Å². The Bertz CT molecular complexity index is 361. The summed E-state index contributed by atoms with van der Waals surface area (Å²) in [7, 11) is 0. The Labute approximate surface area is 93.0 Å². The van der Waals surface area contributed by atoms with E-state index < -0.39 is 0 Å². The predicted octanol–water partition coefficient (Wildman–Crippen LogP) is 4.65. The number of benzene rings is 1. The summed E-state index contributed by atoms with van der Waals surface area (Å²) >= 11 is 3.34. The van der Waals surface area contributed by atoms with E-state index in [4.69, 9.17) is 0 Å². The molecule has 0 saturated heterocycles. The normalized spacial score (nSPS) is 11.5. The molecule has 2 heteroatoms. The standard InChI is InChI=1S/C12H14BrF/c1-8(12(2,3)4)10-6-5-9(14)7-11(10)13/h5-7H,1H2,2-4H3. The number of hydrogen-bond acceptors (Lipinski definition) is 0. The van der Waals surface area contributed by atoms with Gasteiger partial charge in [0.25, 0.3) is 0 Å². The van der Waals surface area contributed by atoms with Crippen LogP contribution in [0.15, 0.2) is 29.3 Å². The summed E-state index contributed by atoms with van der Waals surface area (Å²) in [6.07, 6.45) is 0. The van der Waals surface area contributed by atoms with Gasteiger partial charge in [-0.15, -0.1) is 0 Å². The molecule has 1 aromatic carbocycles. The highest BCUT2D eigenvalue weighted by Crippen LogP contribution is 2.36. The van der Waals surface area contributed by atoms with Crippen molar-refractivity contribution in [2.75, 3.05) is 0 Å². The molecule has 0 unspecified atom stereocenters. The molecule has 0 aliphatic rings. The van der Waals surface area contributed by atoms with Crippen molar-refractivity contribution in [1.29, 1.82) is 0 Å². The average Bonchev–Trinajstić information content (AvgIpc) is 2.01. The van der Waals surface area contributed by atoms with Crippen molar-refractivity contribution >= 4 is 21.5 Å². The molecule has 0 amide bonds. The molecule has 0 heterocycles. The Balaban J connectivity index is 3.15. The van der Waals surface area contributed by atoms with Crippen LogP contribution < -0.4 is 0 Å². The molecule has 0 nitrogen and oxygen atoms in total. The van der Waals surface area contributed by atoms with Crippen molar-refractivity contribution in [3.05, 3.63) is 40.6 Å². The summed E-state index contributed by atoms with van der Waals surface area (Å²) < 4.78 is 13.6. The molecule has 0 bridgehead atoms. The summed E-state index contributed by atoms with van der Waals surface area (Å²) in [5.74, 6) is -0.234. The highest BCUT2D eigenvalue weighted by Gasteiger charge is 2.18. The van der Waals surface area contributed by atoms with Gasteiger partial charge >= 0.3 is 0 Å². The number of halogens is 2. The number of allylic oxidation sites excluding steroid dienone is 1. The van der Waals surface area contributed by atoms with E-state index >= 15 is 0 Å². The molecule has 0 saturated carbocycles. The van der Waals surface area contributed by atoms with E-state index in [2.05, 4.69) is 43.3 Å². The van der Waals surface area contributed by atoms with E-state index in [0.29, 0.717) is 0 Å². The molecule has 0 radical (unpaired) electrons. The lowest BCUT2D eigenvalue weighted by Crippen LogP contribution is -2.07. The van der Waals surface area contributed by atoms with Crippen LogP contribution in [0.4, 0.5) is 4.39 Å². The van der Waals surface area contributed by atoms with Crippen LogP contribution in [-0.2, 0) is 0 Å². The van der Waals surface area contributed by atoms with Crippen molar-refractivity contribution in [2.24, 2.45) is 5.41 Å². The Morgan fingerprint density at radius 3 is 2.36 bits per heavy atom. The van der Waals surface area contributed by atoms with Gasteiger partial charge in [0.2, 0.25) is 0 Å². The van der Waals surface area contributed by atoms with Crippen LogP contribution in [0.3, 0.4) is 0 Å². The van der Waals surface area contributed by atoms with Gasteiger partial charge in [0.05, 0.1) is 0 Å². The first-order valence-electron chi connectivity index (χ1n) is 4.47. The van der Waals surface area contributed by atoms with Crippen molar-refractivity contribution < 1.29 is 4.39 Å². The van der Waals surface area contributed by atoms with Crippen LogP contribution in [0.1, 0.15) is 26.3 Å². The lowest BCUT2D eigenvalue weighted by molar-refractivity contribution is 0.567. The molecule has 0 aromatic heterocycles. The van der Waals surface area contributed by atoms with Crippen molar-refractivity contribution in [1.82, 2.24) is 0 Å². The first kappa shape index (κ1) is 11.4. The predicted molar refractivity (Wildman–Crippen MR) is 62.6 cm³/mol. The van der Waals surface area contributed by atoms with Gasteiger partial charge in [0.15, 0.2) is 0 Å². The molecule has 0 atom stereocenters. The molecular weight excluding hydrogens is 243 g/mol. The van der Waals surface area contributed by atoms with Crippen LogP contribution in [0.2, 0.25) is 0 Å². The average molecular weight is 257 g/mol. The molecular formula is C12H14BrF. The minimum absolute atomic E-state index is 0.000347. The highest BCUT2D eigenvalue weighted by molar-refractivity contribution is 9.10. The molecule has 0 spiro atoms. The fraction of sp³-hybridized carbons (Fsp3) is 0.333. The molecule has 0 fully saturated rings. The van der Waals surface area contributed by atoms with E-state index in [1.807, 2.05) is 0 Å². The van der Waals surface area contributed by atoms with Gasteiger partial charge in [0, 0.05) is 4.47 Å². The lowest BCUT2D eigenvalue weighted by atomic mass is 9.83. The van der Waals surface area contributed by atoms with Gasteiger partial charge in [-0.05, 0) is 28.7 Å². The molecule has 0 aliphatic heterocycles.